The van der Waals surface area contributed by atoms with Crippen molar-refractivity contribution in [3.05, 3.63) is 53.7 Å². The number of aryl methyl sites for hydroxylation is 1. The summed E-state index contributed by atoms with van der Waals surface area (Å²) in [4.78, 5) is 11.9. The fourth-order valence-electron chi connectivity index (χ4n) is 5.51. The molecule has 3 heterocycles. The van der Waals surface area contributed by atoms with Gasteiger partial charge in [0, 0.05) is 6.54 Å². The first kappa shape index (κ1) is 30.7. The van der Waals surface area contributed by atoms with E-state index in [-0.39, 0.29) is 17.6 Å². The number of rotatable bonds is 11. The van der Waals surface area contributed by atoms with Crippen LogP contribution in [0.5, 0.6) is 5.75 Å². The van der Waals surface area contributed by atoms with E-state index in [0.29, 0.717) is 46.7 Å². The number of hydrogen-bond donors (Lipinski definition) is 4. The van der Waals surface area contributed by atoms with Gasteiger partial charge in [0.05, 0.1) is 45.8 Å². The summed E-state index contributed by atoms with van der Waals surface area (Å²) < 4.78 is 32.4. The van der Waals surface area contributed by atoms with Crippen LogP contribution in [0.4, 0.5) is 23.1 Å². The van der Waals surface area contributed by atoms with Gasteiger partial charge in [0.15, 0.2) is 15.5 Å². The van der Waals surface area contributed by atoms with Crippen LogP contribution in [0.2, 0.25) is 0 Å². The summed E-state index contributed by atoms with van der Waals surface area (Å²) in [6.07, 6.45) is 3.61. The topological polar surface area (TPSA) is 145 Å². The van der Waals surface area contributed by atoms with Gasteiger partial charge in [-0.2, -0.15) is 15.1 Å². The number of fused-ring (bicyclic) bond motifs is 1. The molecule has 0 atom stereocenters. The van der Waals surface area contributed by atoms with E-state index in [0.717, 1.165) is 37.2 Å². The highest BCUT2D eigenvalue weighted by molar-refractivity contribution is 7.92. The number of nitrogens with zero attached hydrogens (tertiary/aromatic N) is 4. The largest absolute Gasteiger partial charge is 0.489 e. The van der Waals surface area contributed by atoms with E-state index < -0.39 is 15.1 Å². The Morgan fingerprint density at radius 3 is 2.51 bits per heavy atom. The monoisotopic (exact) mass is 607 g/mol. The third-order valence-corrected chi connectivity index (χ3v) is 10.0. The summed E-state index contributed by atoms with van der Waals surface area (Å²) in [7, 11) is -3.54. The SMILES string of the molecule is Cc1cc(Nc2nc(Nc3ccccc3S(=O)(=O)C(C)C)c3cn[nH]c3n2)c(OC(C)C)cc1C1CCN(CCO)CC1. The smallest absolute Gasteiger partial charge is 0.231 e. The first-order valence-electron chi connectivity index (χ1n) is 14.8. The Kier molecular flexibility index (Phi) is 9.19. The molecule has 1 aliphatic heterocycles. The third kappa shape index (κ3) is 6.76. The Hall–Kier alpha value is -3.74. The number of H-pyrrole nitrogens is 1. The van der Waals surface area contributed by atoms with Crippen molar-refractivity contribution in [2.75, 3.05) is 36.9 Å². The van der Waals surface area contributed by atoms with Gasteiger partial charge in [-0.15, -0.1) is 0 Å². The third-order valence-electron chi connectivity index (χ3n) is 7.80. The minimum atomic E-state index is -3.54. The molecule has 0 aliphatic carbocycles. The van der Waals surface area contributed by atoms with Gasteiger partial charge in [-0.05, 0) is 102 Å². The van der Waals surface area contributed by atoms with E-state index in [2.05, 4.69) is 49.8 Å². The second-order valence-electron chi connectivity index (χ2n) is 11.6. The maximum absolute atomic E-state index is 13.1. The van der Waals surface area contributed by atoms with Crippen LogP contribution in [-0.4, -0.2) is 76.2 Å². The number of anilines is 4. The van der Waals surface area contributed by atoms with Gasteiger partial charge in [-0.1, -0.05) is 12.1 Å². The van der Waals surface area contributed by atoms with Crippen molar-refractivity contribution in [3.63, 3.8) is 0 Å². The van der Waals surface area contributed by atoms with Crippen molar-refractivity contribution >= 4 is 44.0 Å². The van der Waals surface area contributed by atoms with Gasteiger partial charge >= 0.3 is 0 Å². The Labute approximate surface area is 253 Å². The minimum absolute atomic E-state index is 0.0462. The number of β-amino-alcohol motifs (C(OH)–C–C–N with tert-alkyl or cyclic N) is 1. The molecule has 11 nitrogen and oxygen atoms in total. The standard InChI is InChI=1S/C31H41N7O4S/c1-19(2)42-27-17-23(22-10-12-38(13-11-22)14-15-39)21(5)16-26(27)34-31-35-29(24-18-32-37-30(24)36-31)33-25-8-6-7-9-28(25)43(40,41)20(3)4/h6-9,16-20,22,39H,10-15H2,1-5H3,(H3,32,33,34,35,36,37). The Bertz CT molecular complexity index is 1680. The van der Waals surface area contributed by atoms with Crippen molar-refractivity contribution in [2.24, 2.45) is 0 Å². The fourth-order valence-corrected chi connectivity index (χ4v) is 6.71. The molecule has 0 radical (unpaired) electrons. The zero-order valence-corrected chi connectivity index (χ0v) is 26.2. The molecule has 12 heteroatoms. The van der Waals surface area contributed by atoms with Crippen LogP contribution in [0, 0.1) is 6.92 Å². The van der Waals surface area contributed by atoms with Crippen LogP contribution in [0.15, 0.2) is 47.5 Å². The Morgan fingerprint density at radius 2 is 1.81 bits per heavy atom. The van der Waals surface area contributed by atoms with Gasteiger partial charge in [-0.25, -0.2) is 8.42 Å². The molecule has 2 aromatic carbocycles. The average Bonchev–Trinajstić information content (AvgIpc) is 3.44. The lowest BCUT2D eigenvalue weighted by Gasteiger charge is -2.32. The lowest BCUT2D eigenvalue weighted by molar-refractivity contribution is 0.164. The molecule has 43 heavy (non-hydrogen) atoms. The van der Waals surface area contributed by atoms with E-state index in [1.165, 1.54) is 5.56 Å². The number of aromatic nitrogens is 4. The molecular formula is C31H41N7O4S. The molecule has 4 N–H and O–H groups in total. The molecule has 1 aliphatic rings. The van der Waals surface area contributed by atoms with Crippen molar-refractivity contribution in [1.29, 1.82) is 0 Å². The predicted octanol–water partition coefficient (Wildman–Crippen LogP) is 5.29. The van der Waals surface area contributed by atoms with Crippen molar-refractivity contribution in [1.82, 2.24) is 25.1 Å². The molecule has 0 saturated carbocycles. The lowest BCUT2D eigenvalue weighted by Crippen LogP contribution is -2.35. The van der Waals surface area contributed by atoms with Gasteiger partial charge < -0.3 is 25.4 Å². The Morgan fingerprint density at radius 1 is 1.07 bits per heavy atom. The quantitative estimate of drug-likeness (QED) is 0.177. The van der Waals surface area contributed by atoms with Gasteiger partial charge in [0.25, 0.3) is 0 Å². The Balaban J connectivity index is 1.48. The van der Waals surface area contributed by atoms with Crippen molar-refractivity contribution < 1.29 is 18.3 Å². The summed E-state index contributed by atoms with van der Waals surface area (Å²) in [5.41, 5.74) is 4.07. The normalized spacial score (nSPS) is 15.0. The summed E-state index contributed by atoms with van der Waals surface area (Å²) >= 11 is 0. The zero-order valence-electron chi connectivity index (χ0n) is 25.4. The van der Waals surface area contributed by atoms with Crippen LogP contribution in [0.25, 0.3) is 11.0 Å². The van der Waals surface area contributed by atoms with Crippen LogP contribution in [-0.2, 0) is 9.84 Å². The van der Waals surface area contributed by atoms with Crippen molar-refractivity contribution in [2.45, 2.75) is 69.6 Å². The second kappa shape index (κ2) is 12.9. The number of benzene rings is 2. The maximum atomic E-state index is 13.1. The number of hydrogen-bond acceptors (Lipinski definition) is 10. The maximum Gasteiger partial charge on any atom is 0.231 e. The molecule has 0 amide bonds. The van der Waals surface area contributed by atoms with Gasteiger partial charge in [0.2, 0.25) is 5.95 Å². The van der Waals surface area contributed by atoms with Crippen LogP contribution in [0.3, 0.4) is 0 Å². The van der Waals surface area contributed by atoms with Crippen LogP contribution in [0.1, 0.15) is 57.6 Å². The highest BCUT2D eigenvalue weighted by Crippen LogP contribution is 2.38. The van der Waals surface area contributed by atoms with Crippen LogP contribution < -0.4 is 15.4 Å². The lowest BCUT2D eigenvalue weighted by atomic mass is 9.86. The molecule has 2 aromatic heterocycles. The molecule has 1 saturated heterocycles. The molecule has 0 bridgehead atoms. The molecule has 5 rings (SSSR count). The molecule has 0 unspecified atom stereocenters. The van der Waals surface area contributed by atoms with Crippen LogP contribution >= 0.6 is 0 Å². The second-order valence-corrected chi connectivity index (χ2v) is 14.1. The number of ether oxygens (including phenoxy) is 1. The van der Waals surface area contributed by atoms with Gasteiger partial charge in [0.1, 0.15) is 11.6 Å². The molecule has 1 fully saturated rings. The number of para-hydroxylation sites is 1. The summed E-state index contributed by atoms with van der Waals surface area (Å²) in [5.74, 6) is 1.85. The van der Waals surface area contributed by atoms with E-state index >= 15 is 0 Å². The summed E-state index contributed by atoms with van der Waals surface area (Å²) in [6.45, 7) is 12.2. The number of nitrogens with one attached hydrogen (secondary N) is 3. The number of aliphatic hydroxyl groups excluding tert-OH is 1. The number of sulfone groups is 1. The highest BCUT2D eigenvalue weighted by Gasteiger charge is 2.25. The predicted molar refractivity (Wildman–Crippen MR) is 169 cm³/mol. The number of aliphatic hydroxyl groups is 1. The zero-order chi connectivity index (χ0) is 30.7. The molecule has 4 aromatic rings. The minimum Gasteiger partial charge on any atom is -0.489 e. The molecular weight excluding hydrogens is 566 g/mol. The van der Waals surface area contributed by atoms with Gasteiger partial charge in [-0.3, -0.25) is 5.10 Å². The van der Waals surface area contributed by atoms with E-state index in [4.69, 9.17) is 9.72 Å². The van der Waals surface area contributed by atoms with Crippen molar-refractivity contribution in [3.8, 4) is 5.75 Å². The molecule has 230 valence electrons. The van der Waals surface area contributed by atoms with E-state index in [9.17, 15) is 13.5 Å². The fraction of sp³-hybridized carbons (Fsp3) is 0.452. The number of piperidine rings is 1. The number of aromatic amines is 1. The summed E-state index contributed by atoms with van der Waals surface area (Å²) in [5, 5.41) is 23.0. The molecule has 0 spiro atoms. The van der Waals surface area contributed by atoms with E-state index in [1.54, 1.807) is 44.3 Å². The van der Waals surface area contributed by atoms with E-state index in [1.807, 2.05) is 13.8 Å². The first-order chi connectivity index (χ1) is 20.6. The average molecular weight is 608 g/mol. The highest BCUT2D eigenvalue weighted by atomic mass is 32.2. The summed E-state index contributed by atoms with van der Waals surface area (Å²) in [6, 6.07) is 11.0. The first-order valence-corrected chi connectivity index (χ1v) is 16.3. The number of likely N-dealkylation sites (tertiary alicyclic amines) is 1.